The number of benzene rings is 1. The maximum absolute atomic E-state index is 11.3. The molecule has 82 valence electrons. The van der Waals surface area contributed by atoms with Crippen LogP contribution in [-0.2, 0) is 0 Å². The third-order valence-electron chi connectivity index (χ3n) is 2.18. The maximum atomic E-state index is 11.3. The number of hydrogen-bond acceptors (Lipinski definition) is 3. The van der Waals surface area contributed by atoms with Gasteiger partial charge in [-0.05, 0) is 13.0 Å². The summed E-state index contributed by atoms with van der Waals surface area (Å²) in [7, 11) is 0. The fourth-order valence-electron chi connectivity index (χ4n) is 1.44. The van der Waals surface area contributed by atoms with E-state index in [1.165, 1.54) is 0 Å². The van der Waals surface area contributed by atoms with Crippen molar-refractivity contribution < 1.29 is 4.42 Å². The lowest BCUT2D eigenvalue weighted by atomic mass is 10.2. The van der Waals surface area contributed by atoms with Gasteiger partial charge >= 0.3 is 5.63 Å². The molecule has 1 heterocycles. The zero-order valence-corrected chi connectivity index (χ0v) is 9.79. The van der Waals surface area contributed by atoms with Crippen molar-refractivity contribution in [2.75, 3.05) is 5.75 Å². The predicted octanol–water partition coefficient (Wildman–Crippen LogP) is 3.46. The average Bonchev–Trinajstić information content (AvgIpc) is 2.29. The van der Waals surface area contributed by atoms with Crippen molar-refractivity contribution >= 4 is 22.7 Å². The van der Waals surface area contributed by atoms with Crippen LogP contribution >= 0.6 is 11.8 Å². The molecule has 0 bridgehead atoms. The van der Waals surface area contributed by atoms with Gasteiger partial charge in [0.1, 0.15) is 5.58 Å². The highest BCUT2D eigenvalue weighted by molar-refractivity contribution is 7.99. The van der Waals surface area contributed by atoms with Crippen LogP contribution in [0.1, 0.15) is 6.92 Å². The van der Waals surface area contributed by atoms with E-state index < -0.39 is 0 Å². The van der Waals surface area contributed by atoms with E-state index >= 15 is 0 Å². The molecule has 0 spiro atoms. The first-order chi connectivity index (χ1) is 7.81. The third kappa shape index (κ3) is 2.36. The van der Waals surface area contributed by atoms with Gasteiger partial charge in [-0.3, -0.25) is 0 Å². The molecule has 0 unspecified atom stereocenters. The minimum atomic E-state index is -0.290. The molecule has 2 nitrogen and oxygen atoms in total. The molecular weight excluding hydrogens is 220 g/mol. The molecule has 16 heavy (non-hydrogen) atoms. The summed E-state index contributed by atoms with van der Waals surface area (Å²) in [5, 5.41) is 0.997. The lowest BCUT2D eigenvalue weighted by Gasteiger charge is -2.02. The van der Waals surface area contributed by atoms with E-state index in [1.807, 2.05) is 37.3 Å². The van der Waals surface area contributed by atoms with Crippen LogP contribution in [0, 0.1) is 0 Å². The Morgan fingerprint density at radius 3 is 3.00 bits per heavy atom. The van der Waals surface area contributed by atoms with Crippen LogP contribution in [0.5, 0.6) is 0 Å². The second-order valence-electron chi connectivity index (χ2n) is 3.31. The van der Waals surface area contributed by atoms with Gasteiger partial charge in [-0.2, -0.15) is 0 Å². The maximum Gasteiger partial charge on any atom is 0.337 e. The number of thioether (sulfide) groups is 1. The zero-order valence-electron chi connectivity index (χ0n) is 8.97. The minimum absolute atomic E-state index is 0.290. The summed E-state index contributed by atoms with van der Waals surface area (Å²) in [6.07, 6.45) is 4.06. The van der Waals surface area contributed by atoms with Crippen molar-refractivity contribution in [3.05, 3.63) is 52.9 Å². The number of para-hydroxylation sites is 1. The van der Waals surface area contributed by atoms with Crippen molar-refractivity contribution in [3.63, 3.8) is 0 Å². The van der Waals surface area contributed by atoms with E-state index in [4.69, 9.17) is 4.42 Å². The van der Waals surface area contributed by atoms with E-state index in [-0.39, 0.29) is 5.63 Å². The van der Waals surface area contributed by atoms with E-state index in [2.05, 4.69) is 6.08 Å². The van der Waals surface area contributed by atoms with Gasteiger partial charge in [-0.1, -0.05) is 30.4 Å². The molecule has 0 saturated carbocycles. The molecule has 2 aromatic rings. The number of fused-ring (bicyclic) bond motifs is 1. The standard InChI is InChI=1S/C13H12O2S/c1-2-3-8-16-12-9-13(14)15-11-7-5-4-6-10(11)12/h2-7,9H,8H2,1H3. The Hall–Kier alpha value is -1.48. The van der Waals surface area contributed by atoms with Crippen LogP contribution in [-0.4, -0.2) is 5.75 Å². The molecule has 0 radical (unpaired) electrons. The van der Waals surface area contributed by atoms with Gasteiger partial charge in [0.15, 0.2) is 0 Å². The second kappa shape index (κ2) is 5.03. The van der Waals surface area contributed by atoms with Crippen molar-refractivity contribution in [1.29, 1.82) is 0 Å². The Morgan fingerprint density at radius 2 is 2.19 bits per heavy atom. The Bertz CT molecular complexity index is 569. The quantitative estimate of drug-likeness (QED) is 0.461. The first kappa shape index (κ1) is 11.0. The molecule has 0 fully saturated rings. The fraction of sp³-hybridized carbons (Fsp3) is 0.154. The van der Waals surface area contributed by atoms with E-state index in [0.717, 1.165) is 16.0 Å². The molecular formula is C13H12O2S. The molecule has 3 heteroatoms. The highest BCUT2D eigenvalue weighted by atomic mass is 32.2. The van der Waals surface area contributed by atoms with Crippen molar-refractivity contribution in [2.24, 2.45) is 0 Å². The highest BCUT2D eigenvalue weighted by Crippen LogP contribution is 2.26. The topological polar surface area (TPSA) is 30.2 Å². The monoisotopic (exact) mass is 232 g/mol. The lowest BCUT2D eigenvalue weighted by Crippen LogP contribution is -1.97. The average molecular weight is 232 g/mol. The summed E-state index contributed by atoms with van der Waals surface area (Å²) in [5.74, 6) is 0.865. The normalized spacial score (nSPS) is 11.3. The Morgan fingerprint density at radius 1 is 1.38 bits per heavy atom. The van der Waals surface area contributed by atoms with Gasteiger partial charge in [0.05, 0.1) is 0 Å². The first-order valence-corrected chi connectivity index (χ1v) is 6.06. The van der Waals surface area contributed by atoms with Crippen LogP contribution in [0.15, 0.2) is 56.6 Å². The Labute approximate surface area is 98.0 Å². The predicted molar refractivity (Wildman–Crippen MR) is 68.0 cm³/mol. The zero-order chi connectivity index (χ0) is 11.4. The van der Waals surface area contributed by atoms with Crippen LogP contribution in [0.4, 0.5) is 0 Å². The van der Waals surface area contributed by atoms with Crippen LogP contribution < -0.4 is 5.63 Å². The molecule has 0 atom stereocenters. The molecule has 0 aliphatic rings. The molecule has 0 N–H and O–H groups in total. The minimum Gasteiger partial charge on any atom is -0.423 e. The van der Waals surface area contributed by atoms with Crippen LogP contribution in [0.2, 0.25) is 0 Å². The number of hydrogen-bond donors (Lipinski definition) is 0. The van der Waals surface area contributed by atoms with Gasteiger partial charge in [-0.15, -0.1) is 11.8 Å². The van der Waals surface area contributed by atoms with Gasteiger partial charge < -0.3 is 4.42 Å². The molecule has 0 aliphatic carbocycles. The summed E-state index contributed by atoms with van der Waals surface area (Å²) in [6.45, 7) is 1.98. The third-order valence-corrected chi connectivity index (χ3v) is 3.19. The van der Waals surface area contributed by atoms with E-state index in [1.54, 1.807) is 17.8 Å². The van der Waals surface area contributed by atoms with Crippen LogP contribution in [0.25, 0.3) is 11.0 Å². The van der Waals surface area contributed by atoms with Gasteiger partial charge in [0.25, 0.3) is 0 Å². The lowest BCUT2D eigenvalue weighted by molar-refractivity contribution is 0.557. The molecule has 1 aromatic carbocycles. The van der Waals surface area contributed by atoms with Crippen molar-refractivity contribution in [1.82, 2.24) is 0 Å². The molecule has 0 saturated heterocycles. The Balaban J connectivity index is 2.46. The Kier molecular flexibility index (Phi) is 3.47. The molecule has 0 amide bonds. The van der Waals surface area contributed by atoms with Gasteiger partial charge in [0, 0.05) is 22.1 Å². The first-order valence-electron chi connectivity index (χ1n) is 5.08. The number of rotatable bonds is 3. The van der Waals surface area contributed by atoms with E-state index in [0.29, 0.717) is 5.58 Å². The van der Waals surface area contributed by atoms with Crippen molar-refractivity contribution in [2.45, 2.75) is 11.8 Å². The van der Waals surface area contributed by atoms with E-state index in [9.17, 15) is 4.79 Å². The highest BCUT2D eigenvalue weighted by Gasteiger charge is 2.04. The summed E-state index contributed by atoms with van der Waals surface area (Å²) in [4.78, 5) is 12.3. The SMILES string of the molecule is CC=CCSc1cc(=O)oc2ccccc12. The summed E-state index contributed by atoms with van der Waals surface area (Å²) in [5.41, 5.74) is 0.361. The summed E-state index contributed by atoms with van der Waals surface area (Å²) in [6, 6.07) is 9.15. The molecule has 1 aromatic heterocycles. The van der Waals surface area contributed by atoms with Crippen molar-refractivity contribution in [3.8, 4) is 0 Å². The summed E-state index contributed by atoms with van der Waals surface area (Å²) >= 11 is 1.64. The van der Waals surface area contributed by atoms with Gasteiger partial charge in [-0.25, -0.2) is 4.79 Å². The van der Waals surface area contributed by atoms with Crippen LogP contribution in [0.3, 0.4) is 0 Å². The molecule has 0 aliphatic heterocycles. The fourth-order valence-corrected chi connectivity index (χ4v) is 2.41. The number of allylic oxidation sites excluding steroid dienone is 1. The largest absolute Gasteiger partial charge is 0.423 e. The second-order valence-corrected chi connectivity index (χ2v) is 4.37. The molecule has 2 rings (SSSR count). The smallest absolute Gasteiger partial charge is 0.337 e. The summed E-state index contributed by atoms with van der Waals surface area (Å²) < 4.78 is 5.12. The van der Waals surface area contributed by atoms with Gasteiger partial charge in [0.2, 0.25) is 0 Å².